The molecule has 1 unspecified atom stereocenters. The molecule has 102 valence electrons. The minimum absolute atomic E-state index is 0.459. The molecule has 0 spiro atoms. The Balaban J connectivity index is 1.92. The van der Waals surface area contributed by atoms with Gasteiger partial charge >= 0.3 is 0 Å². The molecule has 1 aliphatic rings. The van der Waals surface area contributed by atoms with Gasteiger partial charge in [-0.25, -0.2) is 4.98 Å². The number of rotatable bonds is 3. The van der Waals surface area contributed by atoms with E-state index in [-0.39, 0.29) is 0 Å². The lowest BCUT2D eigenvalue weighted by atomic mass is 9.96. The maximum atomic E-state index is 4.54. The van der Waals surface area contributed by atoms with E-state index in [2.05, 4.69) is 31.1 Å². The summed E-state index contributed by atoms with van der Waals surface area (Å²) in [6.45, 7) is 6.53. The van der Waals surface area contributed by atoms with Gasteiger partial charge in [0.15, 0.2) is 0 Å². The van der Waals surface area contributed by atoms with Crippen molar-refractivity contribution in [2.45, 2.75) is 77.8 Å². The molecule has 2 rings (SSSR count). The van der Waals surface area contributed by atoms with E-state index < -0.39 is 0 Å². The van der Waals surface area contributed by atoms with Crippen LogP contribution in [0.4, 0.5) is 0 Å². The summed E-state index contributed by atoms with van der Waals surface area (Å²) in [4.78, 5) is 5.96. The van der Waals surface area contributed by atoms with Crippen LogP contribution in [0.3, 0.4) is 0 Å². The minimum Gasteiger partial charge on any atom is -0.307 e. The highest BCUT2D eigenvalue weighted by Crippen LogP contribution is 2.26. The Labute approximate surface area is 115 Å². The van der Waals surface area contributed by atoms with Crippen LogP contribution in [0.25, 0.3) is 0 Å². The van der Waals surface area contributed by atoms with E-state index in [4.69, 9.17) is 0 Å². The van der Waals surface area contributed by atoms with Crippen LogP contribution in [0.1, 0.15) is 73.5 Å². The van der Waals surface area contributed by atoms with Crippen molar-refractivity contribution in [1.82, 2.24) is 10.3 Å². The number of nitrogens with one attached hydrogen (secondary N) is 1. The predicted octanol–water partition coefficient (Wildman–Crippen LogP) is 4.52. The molecule has 1 aromatic rings. The zero-order valence-corrected chi connectivity index (χ0v) is 12.8. The van der Waals surface area contributed by atoms with Crippen molar-refractivity contribution in [2.75, 3.05) is 0 Å². The Bertz CT molecular complexity index is 365. The highest BCUT2D eigenvalue weighted by atomic mass is 32.1. The smallest absolute Gasteiger partial charge is 0.0900 e. The molecule has 0 radical (unpaired) electrons. The van der Waals surface area contributed by atoms with Crippen molar-refractivity contribution in [1.29, 1.82) is 0 Å². The average molecular weight is 266 g/mol. The molecule has 0 aromatic carbocycles. The maximum absolute atomic E-state index is 4.54. The number of hydrogen-bond acceptors (Lipinski definition) is 3. The van der Waals surface area contributed by atoms with Crippen molar-refractivity contribution in [3.8, 4) is 0 Å². The van der Waals surface area contributed by atoms with Crippen molar-refractivity contribution in [3.05, 3.63) is 15.6 Å². The fourth-order valence-corrected chi connectivity index (χ4v) is 3.94. The van der Waals surface area contributed by atoms with Crippen LogP contribution in [-0.2, 0) is 0 Å². The van der Waals surface area contributed by atoms with Crippen LogP contribution in [0.2, 0.25) is 0 Å². The maximum Gasteiger partial charge on any atom is 0.0900 e. The SMILES string of the molecule is Cc1nc(C)c(C(C)NC2CCCCCCC2)s1. The van der Waals surface area contributed by atoms with Crippen molar-refractivity contribution >= 4 is 11.3 Å². The number of hydrogen-bond donors (Lipinski definition) is 1. The van der Waals surface area contributed by atoms with Gasteiger partial charge in [-0.1, -0.05) is 32.1 Å². The molecule has 2 nitrogen and oxygen atoms in total. The van der Waals surface area contributed by atoms with E-state index >= 15 is 0 Å². The van der Waals surface area contributed by atoms with Crippen LogP contribution in [0.15, 0.2) is 0 Å². The summed E-state index contributed by atoms with van der Waals surface area (Å²) in [6, 6.07) is 1.17. The summed E-state index contributed by atoms with van der Waals surface area (Å²) in [5.41, 5.74) is 1.21. The second-order valence-corrected chi connectivity index (χ2v) is 6.85. The van der Waals surface area contributed by atoms with E-state index in [0.717, 1.165) is 0 Å². The average Bonchev–Trinajstić information content (AvgIpc) is 2.61. The van der Waals surface area contributed by atoms with Gasteiger partial charge in [-0.2, -0.15) is 0 Å². The Morgan fingerprint density at radius 3 is 2.28 bits per heavy atom. The van der Waals surface area contributed by atoms with Gasteiger partial charge in [0.1, 0.15) is 0 Å². The molecule has 18 heavy (non-hydrogen) atoms. The van der Waals surface area contributed by atoms with Crippen molar-refractivity contribution < 1.29 is 0 Å². The fraction of sp³-hybridized carbons (Fsp3) is 0.800. The van der Waals surface area contributed by atoms with Gasteiger partial charge in [-0.15, -0.1) is 11.3 Å². The largest absolute Gasteiger partial charge is 0.307 e. The van der Waals surface area contributed by atoms with E-state index in [0.29, 0.717) is 12.1 Å². The predicted molar refractivity (Wildman–Crippen MR) is 79.2 cm³/mol. The summed E-state index contributed by atoms with van der Waals surface area (Å²) in [5.74, 6) is 0. The monoisotopic (exact) mass is 266 g/mol. The summed E-state index contributed by atoms with van der Waals surface area (Å²) >= 11 is 1.85. The van der Waals surface area contributed by atoms with E-state index in [1.807, 2.05) is 11.3 Å². The van der Waals surface area contributed by atoms with Gasteiger partial charge in [-0.3, -0.25) is 0 Å². The molecule has 0 amide bonds. The highest BCUT2D eigenvalue weighted by Gasteiger charge is 2.17. The Morgan fingerprint density at radius 1 is 1.11 bits per heavy atom. The number of aromatic nitrogens is 1. The molecular weight excluding hydrogens is 240 g/mol. The molecule has 1 N–H and O–H groups in total. The molecule has 3 heteroatoms. The molecule has 1 heterocycles. The van der Waals surface area contributed by atoms with E-state index in [9.17, 15) is 0 Å². The second kappa shape index (κ2) is 6.67. The lowest BCUT2D eigenvalue weighted by Gasteiger charge is -2.24. The van der Waals surface area contributed by atoms with E-state index in [1.54, 1.807) is 0 Å². The van der Waals surface area contributed by atoms with Crippen LogP contribution < -0.4 is 5.32 Å². The Morgan fingerprint density at radius 2 is 1.72 bits per heavy atom. The third kappa shape index (κ3) is 3.79. The van der Waals surface area contributed by atoms with Crippen LogP contribution in [-0.4, -0.2) is 11.0 Å². The van der Waals surface area contributed by atoms with Crippen LogP contribution in [0.5, 0.6) is 0 Å². The Hall–Kier alpha value is -0.410. The lowest BCUT2D eigenvalue weighted by molar-refractivity contribution is 0.364. The molecule has 1 atom stereocenters. The molecule has 0 saturated heterocycles. The first kappa shape index (κ1) is 14.0. The van der Waals surface area contributed by atoms with Crippen molar-refractivity contribution in [3.63, 3.8) is 0 Å². The van der Waals surface area contributed by atoms with Gasteiger partial charge in [-0.05, 0) is 33.6 Å². The number of aryl methyl sites for hydroxylation is 2. The van der Waals surface area contributed by atoms with Gasteiger partial charge in [0.05, 0.1) is 10.7 Å². The quantitative estimate of drug-likeness (QED) is 0.870. The first-order chi connectivity index (χ1) is 8.66. The van der Waals surface area contributed by atoms with Crippen LogP contribution >= 0.6 is 11.3 Å². The first-order valence-corrected chi connectivity index (χ1v) is 8.18. The van der Waals surface area contributed by atoms with Gasteiger partial charge in [0, 0.05) is 17.0 Å². The second-order valence-electron chi connectivity index (χ2n) is 5.61. The van der Waals surface area contributed by atoms with Gasteiger partial charge in [0.2, 0.25) is 0 Å². The molecule has 0 aliphatic heterocycles. The summed E-state index contributed by atoms with van der Waals surface area (Å²) in [7, 11) is 0. The molecule has 0 bridgehead atoms. The lowest BCUT2D eigenvalue weighted by Crippen LogP contribution is -2.32. The number of thiazole rings is 1. The third-order valence-electron chi connectivity index (χ3n) is 3.92. The number of nitrogens with zero attached hydrogens (tertiary/aromatic N) is 1. The summed E-state index contributed by atoms with van der Waals surface area (Å²) in [6.07, 6.45) is 9.77. The first-order valence-electron chi connectivity index (χ1n) is 7.37. The van der Waals surface area contributed by atoms with E-state index in [1.165, 1.54) is 60.5 Å². The van der Waals surface area contributed by atoms with Crippen molar-refractivity contribution in [2.24, 2.45) is 0 Å². The fourth-order valence-electron chi connectivity index (χ4n) is 3.00. The van der Waals surface area contributed by atoms with Gasteiger partial charge in [0.25, 0.3) is 0 Å². The summed E-state index contributed by atoms with van der Waals surface area (Å²) in [5, 5.41) is 5.02. The van der Waals surface area contributed by atoms with Crippen LogP contribution in [0, 0.1) is 13.8 Å². The molecular formula is C15H26N2S. The highest BCUT2D eigenvalue weighted by molar-refractivity contribution is 7.11. The topological polar surface area (TPSA) is 24.9 Å². The normalized spacial score (nSPS) is 20.4. The van der Waals surface area contributed by atoms with Gasteiger partial charge < -0.3 is 5.32 Å². The molecule has 1 aliphatic carbocycles. The zero-order valence-electron chi connectivity index (χ0n) is 12.0. The standard InChI is InChI=1S/C15H26N2S/c1-11-15(18-13(3)16-11)12(2)17-14-9-7-5-4-6-8-10-14/h12,14,17H,4-10H2,1-3H3. The zero-order chi connectivity index (χ0) is 13.0. The Kier molecular flexibility index (Phi) is 5.19. The third-order valence-corrected chi connectivity index (χ3v) is 5.18. The summed E-state index contributed by atoms with van der Waals surface area (Å²) < 4.78 is 0. The molecule has 1 saturated carbocycles. The molecule has 1 fully saturated rings. The minimum atomic E-state index is 0.459. The molecule has 1 aromatic heterocycles.